The summed E-state index contributed by atoms with van der Waals surface area (Å²) in [4.78, 5) is 9.27. The molecular weight excluding hydrogens is 200 g/mol. The normalized spacial score (nSPS) is 18.0. The highest BCUT2D eigenvalue weighted by Gasteiger charge is 2.39. The second-order valence-corrected chi connectivity index (χ2v) is 7.78. The molecule has 4 N–H and O–H groups in total. The number of hydrogen-bond donors (Lipinski definition) is 4. The van der Waals surface area contributed by atoms with Crippen LogP contribution in [0.1, 0.15) is 0 Å². The SMILES string of the molecule is C[SiH](C)O[Si](C)(O)OC(O)(O)O. The molecule has 0 aromatic heterocycles. The summed E-state index contributed by atoms with van der Waals surface area (Å²) in [5.74, 6) is 0. The van der Waals surface area contributed by atoms with E-state index in [-0.39, 0.29) is 0 Å². The maximum atomic E-state index is 9.27. The van der Waals surface area contributed by atoms with Gasteiger partial charge in [0.1, 0.15) is 0 Å². The topological polar surface area (TPSA) is 99.4 Å². The molecule has 1 atom stereocenters. The lowest BCUT2D eigenvalue weighted by Crippen LogP contribution is -2.50. The fourth-order valence-electron chi connectivity index (χ4n) is 0.715. The Kier molecular flexibility index (Phi) is 4.00. The van der Waals surface area contributed by atoms with Crippen molar-refractivity contribution in [2.45, 2.75) is 25.8 Å². The number of hydrogen-bond acceptors (Lipinski definition) is 6. The van der Waals surface area contributed by atoms with E-state index in [0.29, 0.717) is 0 Å². The molecule has 12 heavy (non-hydrogen) atoms. The Balaban J connectivity index is 4.04. The van der Waals surface area contributed by atoms with E-state index in [0.717, 1.165) is 0 Å². The zero-order valence-corrected chi connectivity index (χ0v) is 9.34. The van der Waals surface area contributed by atoms with Gasteiger partial charge in [0.2, 0.25) is 0 Å². The van der Waals surface area contributed by atoms with Crippen molar-refractivity contribution in [1.29, 1.82) is 0 Å². The minimum Gasteiger partial charge on any atom is -0.419 e. The standard InChI is InChI=1S/C4H14O6Si2/c1-11(2)10-12(3,8)9-4(5,6)7/h5-8,11H,1-3H3. The summed E-state index contributed by atoms with van der Waals surface area (Å²) in [6.45, 7) is 4.74. The monoisotopic (exact) mass is 214 g/mol. The first-order valence-corrected chi connectivity index (χ1v) is 8.44. The third kappa shape index (κ3) is 6.88. The van der Waals surface area contributed by atoms with Crippen LogP contribution >= 0.6 is 0 Å². The molecule has 1 unspecified atom stereocenters. The van der Waals surface area contributed by atoms with Gasteiger partial charge in [-0.15, -0.1) is 0 Å². The molecule has 6 nitrogen and oxygen atoms in total. The van der Waals surface area contributed by atoms with Crippen molar-refractivity contribution in [2.75, 3.05) is 0 Å². The van der Waals surface area contributed by atoms with E-state index in [1.807, 2.05) is 0 Å². The molecule has 0 aliphatic rings. The van der Waals surface area contributed by atoms with Crippen LogP contribution in [0, 0.1) is 0 Å². The van der Waals surface area contributed by atoms with E-state index < -0.39 is 24.0 Å². The molecule has 0 heterocycles. The van der Waals surface area contributed by atoms with Crippen LogP contribution in [0.4, 0.5) is 0 Å². The zero-order chi connectivity index (χ0) is 9.99. The maximum Gasteiger partial charge on any atom is 0.490 e. The van der Waals surface area contributed by atoms with E-state index in [2.05, 4.69) is 4.43 Å². The van der Waals surface area contributed by atoms with Crippen LogP contribution in [-0.4, -0.2) is 44.1 Å². The van der Waals surface area contributed by atoms with Crippen LogP contribution in [0.25, 0.3) is 0 Å². The van der Waals surface area contributed by atoms with Crippen molar-refractivity contribution in [2.24, 2.45) is 0 Å². The van der Waals surface area contributed by atoms with Gasteiger partial charge in [0, 0.05) is 6.55 Å². The van der Waals surface area contributed by atoms with E-state index in [1.165, 1.54) is 6.55 Å². The van der Waals surface area contributed by atoms with Crippen molar-refractivity contribution in [3.05, 3.63) is 0 Å². The fraction of sp³-hybridized carbons (Fsp3) is 1.00. The van der Waals surface area contributed by atoms with Crippen molar-refractivity contribution in [3.8, 4) is 0 Å². The highest BCUT2D eigenvalue weighted by molar-refractivity contribution is 6.68. The van der Waals surface area contributed by atoms with E-state index in [1.54, 1.807) is 13.1 Å². The minimum absolute atomic E-state index is 1.19. The van der Waals surface area contributed by atoms with Crippen LogP contribution in [-0.2, 0) is 8.54 Å². The molecule has 0 aliphatic heterocycles. The summed E-state index contributed by atoms with van der Waals surface area (Å²) in [5.41, 5.74) is 0. The predicted octanol–water partition coefficient (Wildman–Crippen LogP) is -1.85. The smallest absolute Gasteiger partial charge is 0.419 e. The Bertz CT molecular complexity index is 141. The average Bonchev–Trinajstić information content (AvgIpc) is 1.48. The van der Waals surface area contributed by atoms with Gasteiger partial charge in [-0.2, -0.15) is 0 Å². The van der Waals surface area contributed by atoms with Gasteiger partial charge in [-0.3, -0.25) is 4.43 Å². The first-order chi connectivity index (χ1) is 5.12. The van der Waals surface area contributed by atoms with Crippen LogP contribution in [0.2, 0.25) is 19.6 Å². The van der Waals surface area contributed by atoms with E-state index >= 15 is 0 Å². The lowest BCUT2D eigenvalue weighted by molar-refractivity contribution is -0.431. The molecular formula is C4H14O6Si2. The zero-order valence-electron chi connectivity index (χ0n) is 7.18. The van der Waals surface area contributed by atoms with Gasteiger partial charge >= 0.3 is 15.0 Å². The summed E-state index contributed by atoms with van der Waals surface area (Å²) in [5, 5.41) is 25.1. The third-order valence-electron chi connectivity index (χ3n) is 0.781. The molecule has 0 aromatic rings. The molecule has 0 saturated heterocycles. The Morgan fingerprint density at radius 3 is 1.92 bits per heavy atom. The lowest BCUT2D eigenvalue weighted by Gasteiger charge is -2.26. The Labute approximate surface area is 73.1 Å². The maximum absolute atomic E-state index is 9.27. The third-order valence-corrected chi connectivity index (χ3v) is 5.07. The molecule has 0 fully saturated rings. The van der Waals surface area contributed by atoms with Gasteiger partial charge in [-0.25, -0.2) is 0 Å². The Morgan fingerprint density at radius 2 is 1.67 bits per heavy atom. The summed E-state index contributed by atoms with van der Waals surface area (Å²) in [7, 11) is -5.12. The van der Waals surface area contributed by atoms with Crippen LogP contribution in [0.5, 0.6) is 0 Å². The van der Waals surface area contributed by atoms with Crippen LogP contribution < -0.4 is 0 Å². The summed E-state index contributed by atoms with van der Waals surface area (Å²) >= 11 is 0. The summed E-state index contributed by atoms with van der Waals surface area (Å²) in [6, 6.07) is 0. The van der Waals surface area contributed by atoms with Gasteiger partial charge in [0.05, 0.1) is 0 Å². The molecule has 0 amide bonds. The number of rotatable bonds is 4. The van der Waals surface area contributed by atoms with Crippen molar-refractivity contribution < 1.29 is 28.7 Å². The van der Waals surface area contributed by atoms with Gasteiger partial charge in [0.25, 0.3) is 0 Å². The van der Waals surface area contributed by atoms with Gasteiger partial charge < -0.3 is 24.2 Å². The molecule has 0 bridgehead atoms. The van der Waals surface area contributed by atoms with Crippen LogP contribution in [0.15, 0.2) is 0 Å². The highest BCUT2D eigenvalue weighted by atomic mass is 28.4. The number of aliphatic hydroxyl groups is 3. The molecule has 0 spiro atoms. The first-order valence-electron chi connectivity index (χ1n) is 3.40. The molecule has 8 heteroatoms. The second kappa shape index (κ2) is 3.93. The first kappa shape index (κ1) is 12.2. The van der Waals surface area contributed by atoms with Gasteiger partial charge in [-0.05, 0) is 13.1 Å². The predicted molar refractivity (Wildman–Crippen MR) is 44.3 cm³/mol. The van der Waals surface area contributed by atoms with Crippen LogP contribution in [0.3, 0.4) is 0 Å². The molecule has 0 saturated carbocycles. The van der Waals surface area contributed by atoms with Gasteiger partial charge in [-0.1, -0.05) is 0 Å². The Hall–Kier alpha value is 0.194. The van der Waals surface area contributed by atoms with E-state index in [9.17, 15) is 4.80 Å². The molecule has 74 valence electrons. The second-order valence-electron chi connectivity index (χ2n) is 2.74. The molecule has 0 radical (unpaired) electrons. The van der Waals surface area contributed by atoms with E-state index in [4.69, 9.17) is 19.4 Å². The lowest BCUT2D eigenvalue weighted by atomic mass is 11.2. The Morgan fingerprint density at radius 1 is 1.25 bits per heavy atom. The molecule has 0 rings (SSSR count). The van der Waals surface area contributed by atoms with Crippen molar-refractivity contribution in [3.63, 3.8) is 0 Å². The summed E-state index contributed by atoms with van der Waals surface area (Å²) < 4.78 is 9.05. The molecule has 0 aliphatic carbocycles. The minimum atomic E-state index is -3.59. The van der Waals surface area contributed by atoms with Crippen molar-refractivity contribution >= 4 is 17.8 Å². The highest BCUT2D eigenvalue weighted by Crippen LogP contribution is 2.10. The largest absolute Gasteiger partial charge is 0.490 e. The average molecular weight is 214 g/mol. The van der Waals surface area contributed by atoms with Crippen molar-refractivity contribution in [1.82, 2.24) is 0 Å². The van der Waals surface area contributed by atoms with Gasteiger partial charge in [0.15, 0.2) is 9.04 Å². The summed E-state index contributed by atoms with van der Waals surface area (Å²) in [6.07, 6.45) is -3.32. The molecule has 0 aromatic carbocycles. The quantitative estimate of drug-likeness (QED) is 0.324. The fourth-order valence-corrected chi connectivity index (χ4v) is 4.91.